The number of nitrogens with zero attached hydrogens (tertiary/aromatic N) is 3. The topological polar surface area (TPSA) is 19.4 Å². The summed E-state index contributed by atoms with van der Waals surface area (Å²) in [5.74, 6) is -0.275. The minimum Gasteiger partial charge on any atom is -0.295 e. The number of aromatic nitrogens is 1. The highest BCUT2D eigenvalue weighted by Crippen LogP contribution is 2.11. The van der Waals surface area contributed by atoms with Crippen LogP contribution in [-0.4, -0.2) is 46.3 Å². The molecule has 0 aliphatic carbocycles. The summed E-state index contributed by atoms with van der Waals surface area (Å²) in [6, 6.07) is 3.22. The predicted molar refractivity (Wildman–Crippen MR) is 69.5 cm³/mol. The molecule has 2 heterocycles. The van der Waals surface area contributed by atoms with Crippen molar-refractivity contribution >= 4 is 12.6 Å². The molecule has 1 fully saturated rings. The highest BCUT2D eigenvalue weighted by molar-refractivity contribution is 7.80. The van der Waals surface area contributed by atoms with Crippen LogP contribution in [0.15, 0.2) is 18.3 Å². The first-order chi connectivity index (χ1) is 8.15. The molecule has 1 unspecified atom stereocenters. The lowest BCUT2D eigenvalue weighted by Gasteiger charge is -2.36. The molecule has 17 heavy (non-hydrogen) atoms. The summed E-state index contributed by atoms with van der Waals surface area (Å²) in [7, 11) is 0. The fourth-order valence-corrected chi connectivity index (χ4v) is 2.26. The van der Waals surface area contributed by atoms with Crippen LogP contribution in [0.4, 0.5) is 4.39 Å². The summed E-state index contributed by atoms with van der Waals surface area (Å²) in [6.07, 6.45) is 1.28. The van der Waals surface area contributed by atoms with Crippen LogP contribution in [0.1, 0.15) is 12.6 Å². The van der Waals surface area contributed by atoms with Gasteiger partial charge in [0.2, 0.25) is 0 Å². The Morgan fingerprint density at radius 2 is 2.06 bits per heavy atom. The van der Waals surface area contributed by atoms with Crippen LogP contribution in [0, 0.1) is 5.82 Å². The predicted octanol–water partition coefficient (Wildman–Crippen LogP) is 1.61. The average Bonchev–Trinajstić information content (AvgIpc) is 2.33. The monoisotopic (exact) mass is 255 g/mol. The van der Waals surface area contributed by atoms with E-state index in [1.165, 1.54) is 12.3 Å². The van der Waals surface area contributed by atoms with Crippen molar-refractivity contribution < 1.29 is 4.39 Å². The molecule has 1 aromatic rings. The van der Waals surface area contributed by atoms with E-state index in [0.717, 1.165) is 38.4 Å². The summed E-state index contributed by atoms with van der Waals surface area (Å²) in [5, 5.41) is 0.320. The van der Waals surface area contributed by atoms with E-state index in [-0.39, 0.29) is 5.82 Å². The normalized spacial score (nSPS) is 20.4. The van der Waals surface area contributed by atoms with Gasteiger partial charge in [-0.2, -0.15) is 12.6 Å². The van der Waals surface area contributed by atoms with Crippen molar-refractivity contribution in [1.82, 2.24) is 14.8 Å². The number of rotatable bonds is 3. The molecule has 0 amide bonds. The number of piperazine rings is 1. The van der Waals surface area contributed by atoms with Gasteiger partial charge in [-0.15, -0.1) is 0 Å². The zero-order chi connectivity index (χ0) is 12.3. The third kappa shape index (κ3) is 3.66. The Morgan fingerprint density at radius 3 is 2.59 bits per heavy atom. The van der Waals surface area contributed by atoms with Crippen LogP contribution in [0.3, 0.4) is 0 Å². The zero-order valence-corrected chi connectivity index (χ0v) is 10.9. The summed E-state index contributed by atoms with van der Waals surface area (Å²) < 4.78 is 12.7. The van der Waals surface area contributed by atoms with Crippen LogP contribution in [-0.2, 0) is 6.54 Å². The highest BCUT2D eigenvalue weighted by Gasteiger charge is 2.19. The smallest absolute Gasteiger partial charge is 0.141 e. The summed E-state index contributed by atoms with van der Waals surface area (Å²) in [5.41, 5.74) is 0.929. The highest BCUT2D eigenvalue weighted by atomic mass is 32.1. The van der Waals surface area contributed by atoms with Gasteiger partial charge in [-0.05, 0) is 19.1 Å². The van der Waals surface area contributed by atoms with Gasteiger partial charge in [0.15, 0.2) is 0 Å². The van der Waals surface area contributed by atoms with Gasteiger partial charge < -0.3 is 0 Å². The molecular formula is C12H18FN3S. The molecule has 3 nitrogen and oxygen atoms in total. The lowest BCUT2D eigenvalue weighted by atomic mass is 10.2. The van der Waals surface area contributed by atoms with E-state index in [1.807, 2.05) is 0 Å². The average molecular weight is 255 g/mol. The Labute approximate surface area is 107 Å². The van der Waals surface area contributed by atoms with Crippen LogP contribution in [0.2, 0.25) is 0 Å². The second kappa shape index (κ2) is 5.80. The second-order valence-corrected chi connectivity index (χ2v) is 5.16. The van der Waals surface area contributed by atoms with Crippen molar-refractivity contribution in [2.24, 2.45) is 0 Å². The molecule has 1 atom stereocenters. The lowest BCUT2D eigenvalue weighted by molar-refractivity contribution is 0.122. The van der Waals surface area contributed by atoms with Crippen molar-refractivity contribution in [2.75, 3.05) is 26.2 Å². The third-order valence-corrected chi connectivity index (χ3v) is 3.44. The largest absolute Gasteiger partial charge is 0.295 e. The molecule has 1 aliphatic rings. The van der Waals surface area contributed by atoms with Crippen molar-refractivity contribution in [1.29, 1.82) is 0 Å². The fraction of sp³-hybridized carbons (Fsp3) is 0.583. The second-order valence-electron chi connectivity index (χ2n) is 4.41. The quantitative estimate of drug-likeness (QED) is 0.828. The molecule has 94 valence electrons. The molecule has 0 saturated carbocycles. The third-order valence-electron chi connectivity index (χ3n) is 3.11. The van der Waals surface area contributed by atoms with Gasteiger partial charge in [-0.25, -0.2) is 4.39 Å². The first kappa shape index (κ1) is 12.8. The number of hydrogen-bond acceptors (Lipinski definition) is 4. The number of hydrogen-bond donors (Lipinski definition) is 1. The van der Waals surface area contributed by atoms with Gasteiger partial charge in [0.05, 0.1) is 11.9 Å². The van der Waals surface area contributed by atoms with Crippen LogP contribution >= 0.6 is 12.6 Å². The van der Waals surface area contributed by atoms with Crippen molar-refractivity contribution in [3.05, 3.63) is 29.8 Å². The molecule has 1 saturated heterocycles. The van der Waals surface area contributed by atoms with Crippen LogP contribution in [0.25, 0.3) is 0 Å². The van der Waals surface area contributed by atoms with E-state index in [2.05, 4.69) is 34.3 Å². The van der Waals surface area contributed by atoms with E-state index in [0.29, 0.717) is 5.37 Å². The molecular weight excluding hydrogens is 237 g/mol. The Morgan fingerprint density at radius 1 is 1.35 bits per heavy atom. The van der Waals surface area contributed by atoms with Crippen molar-refractivity contribution in [3.63, 3.8) is 0 Å². The molecule has 0 bridgehead atoms. The number of halogens is 1. The summed E-state index contributed by atoms with van der Waals surface area (Å²) in [4.78, 5) is 8.77. The van der Waals surface area contributed by atoms with E-state index in [4.69, 9.17) is 0 Å². The van der Waals surface area contributed by atoms with E-state index >= 15 is 0 Å². The van der Waals surface area contributed by atoms with Crippen molar-refractivity contribution in [3.8, 4) is 0 Å². The van der Waals surface area contributed by atoms with Gasteiger partial charge in [0.25, 0.3) is 0 Å². The first-order valence-electron chi connectivity index (χ1n) is 5.90. The van der Waals surface area contributed by atoms with Crippen LogP contribution < -0.4 is 0 Å². The lowest BCUT2D eigenvalue weighted by Crippen LogP contribution is -2.47. The van der Waals surface area contributed by atoms with Gasteiger partial charge in [-0.3, -0.25) is 14.8 Å². The van der Waals surface area contributed by atoms with E-state index in [1.54, 1.807) is 6.07 Å². The maximum Gasteiger partial charge on any atom is 0.141 e. The minimum atomic E-state index is -0.275. The van der Waals surface area contributed by atoms with Gasteiger partial charge in [0, 0.05) is 38.1 Å². The van der Waals surface area contributed by atoms with Gasteiger partial charge in [0.1, 0.15) is 5.82 Å². The van der Waals surface area contributed by atoms with E-state index in [9.17, 15) is 4.39 Å². The molecule has 1 aliphatic heterocycles. The SMILES string of the molecule is CC(S)N1CCN(Cc2ccc(F)cn2)CC1. The van der Waals surface area contributed by atoms with Crippen LogP contribution in [0.5, 0.6) is 0 Å². The Balaban J connectivity index is 1.84. The summed E-state index contributed by atoms with van der Waals surface area (Å²) in [6.45, 7) is 7.00. The molecule has 0 aromatic carbocycles. The maximum atomic E-state index is 12.7. The molecule has 2 rings (SSSR count). The maximum absolute atomic E-state index is 12.7. The Bertz CT molecular complexity index is 347. The van der Waals surface area contributed by atoms with Crippen molar-refractivity contribution in [2.45, 2.75) is 18.8 Å². The van der Waals surface area contributed by atoms with Gasteiger partial charge >= 0.3 is 0 Å². The molecule has 1 aromatic heterocycles. The number of thiol groups is 1. The minimum absolute atomic E-state index is 0.275. The Hall–Kier alpha value is -0.650. The standard InChI is InChI=1S/C12H18FN3S/c1-10(17)16-6-4-15(5-7-16)9-12-3-2-11(13)8-14-12/h2-3,8,10,17H,4-7,9H2,1H3. The molecule has 0 N–H and O–H groups in total. The number of pyridine rings is 1. The fourth-order valence-electron chi connectivity index (χ4n) is 2.02. The molecule has 0 spiro atoms. The molecule has 5 heteroatoms. The van der Waals surface area contributed by atoms with Gasteiger partial charge in [-0.1, -0.05) is 0 Å². The first-order valence-corrected chi connectivity index (χ1v) is 6.41. The molecule has 0 radical (unpaired) electrons. The van der Waals surface area contributed by atoms with E-state index < -0.39 is 0 Å². The zero-order valence-electron chi connectivity index (χ0n) is 10.0. The Kier molecular flexibility index (Phi) is 4.36. The summed E-state index contributed by atoms with van der Waals surface area (Å²) >= 11 is 4.43.